The monoisotopic (exact) mass is 381 g/mol. The Morgan fingerprint density at radius 1 is 0.920 bits per heavy atom. The maximum atomic E-state index is 12.4. The van der Waals surface area contributed by atoms with E-state index in [0.717, 1.165) is 6.26 Å². The fourth-order valence-corrected chi connectivity index (χ4v) is 2.77. The minimum absolute atomic E-state index is 0.126. The number of hydrogen-bond acceptors (Lipinski definition) is 4. The number of anilines is 3. The number of carbonyl (C=O) groups is 2. The van der Waals surface area contributed by atoms with Crippen LogP contribution >= 0.6 is 11.6 Å². The van der Waals surface area contributed by atoms with Crippen LogP contribution in [0.5, 0.6) is 0 Å². The smallest absolute Gasteiger partial charge is 0.257 e. The van der Waals surface area contributed by atoms with E-state index in [0.29, 0.717) is 11.4 Å². The molecule has 25 heavy (non-hydrogen) atoms. The Bertz CT molecular complexity index is 911. The standard InChI is InChI=1S/C16H16ClN3O4S/c1-10(21)18-11-3-5-12(6-4-11)19-16(22)14-9-13(7-8-15(14)17)20-25(2,23)24/h3-9,20H,1-2H3,(H,18,21)(H,19,22). The minimum atomic E-state index is -3.47. The van der Waals surface area contributed by atoms with Crippen molar-refractivity contribution in [3.63, 3.8) is 0 Å². The number of sulfonamides is 1. The molecule has 9 heteroatoms. The number of benzene rings is 2. The molecule has 0 aliphatic carbocycles. The summed E-state index contributed by atoms with van der Waals surface area (Å²) < 4.78 is 24.9. The van der Waals surface area contributed by atoms with E-state index in [1.54, 1.807) is 24.3 Å². The quantitative estimate of drug-likeness (QED) is 0.740. The third-order valence-electron chi connectivity index (χ3n) is 2.98. The molecule has 2 aromatic carbocycles. The van der Waals surface area contributed by atoms with Gasteiger partial charge in [0.05, 0.1) is 16.8 Å². The van der Waals surface area contributed by atoms with Crippen LogP contribution in [0, 0.1) is 0 Å². The predicted molar refractivity (Wildman–Crippen MR) is 98.6 cm³/mol. The lowest BCUT2D eigenvalue weighted by molar-refractivity contribution is -0.114. The van der Waals surface area contributed by atoms with E-state index in [2.05, 4.69) is 15.4 Å². The molecule has 0 unspecified atom stereocenters. The van der Waals surface area contributed by atoms with E-state index in [-0.39, 0.29) is 22.2 Å². The zero-order chi connectivity index (χ0) is 18.6. The van der Waals surface area contributed by atoms with E-state index in [1.165, 1.54) is 25.1 Å². The van der Waals surface area contributed by atoms with Gasteiger partial charge in [-0.3, -0.25) is 14.3 Å². The van der Waals surface area contributed by atoms with Gasteiger partial charge in [-0.25, -0.2) is 8.42 Å². The SMILES string of the molecule is CC(=O)Nc1ccc(NC(=O)c2cc(NS(C)(=O)=O)ccc2Cl)cc1. The molecule has 0 spiro atoms. The van der Waals surface area contributed by atoms with Gasteiger partial charge < -0.3 is 10.6 Å². The number of halogens is 1. The van der Waals surface area contributed by atoms with Crippen LogP contribution in [0.15, 0.2) is 42.5 Å². The number of hydrogen-bond donors (Lipinski definition) is 3. The van der Waals surface area contributed by atoms with Gasteiger partial charge in [-0.15, -0.1) is 0 Å². The molecule has 0 aliphatic rings. The molecule has 2 amide bonds. The highest BCUT2D eigenvalue weighted by atomic mass is 35.5. The second-order valence-corrected chi connectivity index (χ2v) is 7.44. The predicted octanol–water partition coefficient (Wildman–Crippen LogP) is 2.92. The average molecular weight is 382 g/mol. The Balaban J connectivity index is 2.17. The van der Waals surface area contributed by atoms with E-state index in [1.807, 2.05) is 0 Å². The van der Waals surface area contributed by atoms with Gasteiger partial charge in [0.25, 0.3) is 5.91 Å². The van der Waals surface area contributed by atoms with Crippen molar-refractivity contribution in [3.8, 4) is 0 Å². The summed E-state index contributed by atoms with van der Waals surface area (Å²) in [6.07, 6.45) is 1.01. The van der Waals surface area contributed by atoms with Crippen molar-refractivity contribution < 1.29 is 18.0 Å². The third-order valence-corrected chi connectivity index (χ3v) is 3.91. The molecule has 3 N–H and O–H groups in total. The third kappa shape index (κ3) is 5.77. The first-order valence-electron chi connectivity index (χ1n) is 7.10. The number of carbonyl (C=O) groups excluding carboxylic acids is 2. The summed E-state index contributed by atoms with van der Waals surface area (Å²) in [5.41, 5.74) is 1.46. The fourth-order valence-electron chi connectivity index (χ4n) is 2.02. The minimum Gasteiger partial charge on any atom is -0.326 e. The van der Waals surface area contributed by atoms with Crippen LogP contribution in [0.25, 0.3) is 0 Å². The van der Waals surface area contributed by atoms with Gasteiger partial charge in [-0.2, -0.15) is 0 Å². The Labute approximate surface area is 150 Å². The van der Waals surface area contributed by atoms with E-state index >= 15 is 0 Å². The number of nitrogens with one attached hydrogen (secondary N) is 3. The lowest BCUT2D eigenvalue weighted by Crippen LogP contribution is -2.14. The summed E-state index contributed by atoms with van der Waals surface area (Å²) in [6.45, 7) is 1.40. The van der Waals surface area contributed by atoms with Crippen molar-refractivity contribution in [2.24, 2.45) is 0 Å². The van der Waals surface area contributed by atoms with Gasteiger partial charge in [-0.05, 0) is 42.5 Å². The molecule has 0 bridgehead atoms. The van der Waals surface area contributed by atoms with Crippen LogP contribution in [0.1, 0.15) is 17.3 Å². The average Bonchev–Trinajstić information content (AvgIpc) is 2.49. The van der Waals surface area contributed by atoms with Crippen LogP contribution in [0.3, 0.4) is 0 Å². The highest BCUT2D eigenvalue weighted by Gasteiger charge is 2.13. The molecule has 0 saturated heterocycles. The van der Waals surface area contributed by atoms with Crippen LogP contribution in [0.4, 0.5) is 17.1 Å². The Kier molecular flexibility index (Phi) is 5.66. The summed E-state index contributed by atoms with van der Waals surface area (Å²) in [7, 11) is -3.47. The Hall–Kier alpha value is -2.58. The van der Waals surface area contributed by atoms with Gasteiger partial charge in [0.2, 0.25) is 15.9 Å². The molecular formula is C16H16ClN3O4S. The number of amides is 2. The normalized spacial score (nSPS) is 10.8. The van der Waals surface area contributed by atoms with Gasteiger partial charge >= 0.3 is 0 Å². The van der Waals surface area contributed by atoms with Crippen molar-refractivity contribution >= 4 is 50.5 Å². The van der Waals surface area contributed by atoms with Crippen molar-refractivity contribution in [1.82, 2.24) is 0 Å². The molecule has 0 saturated carbocycles. The zero-order valence-electron chi connectivity index (χ0n) is 13.5. The van der Waals surface area contributed by atoms with Crippen molar-refractivity contribution in [3.05, 3.63) is 53.1 Å². The van der Waals surface area contributed by atoms with Crippen LogP contribution in [-0.2, 0) is 14.8 Å². The maximum absolute atomic E-state index is 12.4. The van der Waals surface area contributed by atoms with E-state index in [4.69, 9.17) is 11.6 Å². The van der Waals surface area contributed by atoms with E-state index < -0.39 is 15.9 Å². The molecule has 2 rings (SSSR count). The Morgan fingerprint density at radius 2 is 1.44 bits per heavy atom. The van der Waals surface area contributed by atoms with Gasteiger partial charge in [0.1, 0.15) is 0 Å². The molecule has 0 aromatic heterocycles. The molecule has 132 valence electrons. The lowest BCUT2D eigenvalue weighted by Gasteiger charge is -2.10. The first-order valence-corrected chi connectivity index (χ1v) is 9.37. The maximum Gasteiger partial charge on any atom is 0.257 e. The first kappa shape index (κ1) is 18.8. The summed E-state index contributed by atoms with van der Waals surface area (Å²) in [4.78, 5) is 23.4. The molecule has 0 atom stereocenters. The van der Waals surface area contributed by atoms with E-state index in [9.17, 15) is 18.0 Å². The molecular weight excluding hydrogens is 366 g/mol. The Morgan fingerprint density at radius 3 is 1.96 bits per heavy atom. The van der Waals surface area contributed by atoms with Crippen molar-refractivity contribution in [2.45, 2.75) is 6.92 Å². The zero-order valence-corrected chi connectivity index (χ0v) is 15.0. The molecule has 0 aliphatic heterocycles. The van der Waals surface area contributed by atoms with Gasteiger partial charge in [-0.1, -0.05) is 11.6 Å². The molecule has 2 aromatic rings. The summed E-state index contributed by atoms with van der Waals surface area (Å²) >= 11 is 6.03. The summed E-state index contributed by atoms with van der Waals surface area (Å²) in [6, 6.07) is 10.8. The van der Waals surface area contributed by atoms with Crippen molar-refractivity contribution in [1.29, 1.82) is 0 Å². The highest BCUT2D eigenvalue weighted by molar-refractivity contribution is 7.92. The second-order valence-electron chi connectivity index (χ2n) is 5.28. The topological polar surface area (TPSA) is 104 Å². The van der Waals surface area contributed by atoms with Crippen LogP contribution in [-0.4, -0.2) is 26.5 Å². The van der Waals surface area contributed by atoms with Crippen LogP contribution in [0.2, 0.25) is 5.02 Å². The second kappa shape index (κ2) is 7.54. The van der Waals surface area contributed by atoms with Crippen molar-refractivity contribution in [2.75, 3.05) is 21.6 Å². The summed E-state index contributed by atoms with van der Waals surface area (Å²) in [5.74, 6) is -0.687. The van der Waals surface area contributed by atoms with Gasteiger partial charge in [0, 0.05) is 24.0 Å². The molecule has 7 nitrogen and oxygen atoms in total. The first-order chi connectivity index (χ1) is 11.6. The number of rotatable bonds is 5. The highest BCUT2D eigenvalue weighted by Crippen LogP contribution is 2.23. The van der Waals surface area contributed by atoms with Crippen LogP contribution < -0.4 is 15.4 Å². The lowest BCUT2D eigenvalue weighted by atomic mass is 10.2. The molecule has 0 fully saturated rings. The summed E-state index contributed by atoms with van der Waals surface area (Å²) in [5, 5.41) is 5.46. The molecule has 0 radical (unpaired) electrons. The fraction of sp³-hybridized carbons (Fsp3) is 0.125. The largest absolute Gasteiger partial charge is 0.326 e. The van der Waals surface area contributed by atoms with Gasteiger partial charge in [0.15, 0.2) is 0 Å². The molecule has 0 heterocycles.